The van der Waals surface area contributed by atoms with E-state index in [-0.39, 0.29) is 23.1 Å². The van der Waals surface area contributed by atoms with Crippen molar-refractivity contribution in [2.75, 3.05) is 0 Å². The van der Waals surface area contributed by atoms with Crippen LogP contribution in [0.25, 0.3) is 0 Å². The molecule has 11 nitrogen and oxygen atoms in total. The highest BCUT2D eigenvalue weighted by Gasteiger charge is 2.60. The standard InChI is InChI=1S/C22H22O11/c1-5-11-13(17(26)8(32-5)4-10(24)25)20(29)14-15(18(11)27)21(30)16-12(19(14)28)7-3-9(23)22(16,31)6(2)33-7/h5-9,17,23,26,28,30-31H,3-4H2,1-2H3,(H,24,25)/t5-,6+,7-,8-,9+,17+,22+/m0/s1. The number of aliphatic carboxylic acids is 1. The molecule has 0 amide bonds. The van der Waals surface area contributed by atoms with Gasteiger partial charge in [-0.2, -0.15) is 0 Å². The number of phenolic OH excluding ortho intramolecular Hbond substituents is 2. The summed E-state index contributed by atoms with van der Waals surface area (Å²) in [4.78, 5) is 38.1. The van der Waals surface area contributed by atoms with Crippen LogP contribution in [0.15, 0.2) is 11.1 Å². The third-order valence-electron chi connectivity index (χ3n) is 7.18. The zero-order chi connectivity index (χ0) is 24.1. The first kappa shape index (κ1) is 22.0. The van der Waals surface area contributed by atoms with Gasteiger partial charge in [-0.25, -0.2) is 0 Å². The van der Waals surface area contributed by atoms with Crippen LogP contribution in [0.2, 0.25) is 0 Å². The summed E-state index contributed by atoms with van der Waals surface area (Å²) in [5.74, 6) is -4.63. The molecule has 6 rings (SSSR count). The first-order valence-electron chi connectivity index (χ1n) is 10.5. The fourth-order valence-electron chi connectivity index (χ4n) is 5.65. The maximum atomic E-state index is 13.5. The van der Waals surface area contributed by atoms with E-state index < -0.39 is 94.4 Å². The molecule has 6 N–H and O–H groups in total. The number of phenols is 2. The van der Waals surface area contributed by atoms with Crippen molar-refractivity contribution in [1.29, 1.82) is 0 Å². The highest BCUT2D eigenvalue weighted by Crippen LogP contribution is 2.59. The second kappa shape index (κ2) is 6.84. The molecule has 2 bridgehead atoms. The summed E-state index contributed by atoms with van der Waals surface area (Å²) in [5, 5.41) is 63.7. The van der Waals surface area contributed by atoms with Crippen LogP contribution in [0.3, 0.4) is 0 Å². The predicted octanol–water partition coefficient (Wildman–Crippen LogP) is -0.192. The first-order chi connectivity index (χ1) is 15.4. The molecular formula is C22H22O11. The number of aliphatic hydroxyl groups excluding tert-OH is 2. The lowest BCUT2D eigenvalue weighted by Crippen LogP contribution is -2.58. The molecule has 176 valence electrons. The Kier molecular flexibility index (Phi) is 4.56. The van der Waals surface area contributed by atoms with E-state index in [2.05, 4.69) is 0 Å². The molecule has 0 spiro atoms. The highest BCUT2D eigenvalue weighted by atomic mass is 16.5. The lowest BCUT2D eigenvalue weighted by atomic mass is 9.66. The Morgan fingerprint density at radius 3 is 2.24 bits per heavy atom. The Morgan fingerprint density at radius 2 is 1.64 bits per heavy atom. The van der Waals surface area contributed by atoms with Crippen molar-refractivity contribution in [1.82, 2.24) is 0 Å². The van der Waals surface area contributed by atoms with E-state index in [4.69, 9.17) is 14.6 Å². The Balaban J connectivity index is 1.76. The number of carbonyl (C=O) groups excluding carboxylic acids is 2. The molecule has 0 saturated carbocycles. The molecule has 3 heterocycles. The molecule has 2 aliphatic carbocycles. The number of Topliss-reactive ketones (excluding diaryl/α,β-unsaturated/α-hetero) is 2. The third kappa shape index (κ3) is 2.59. The number of hydrogen-bond acceptors (Lipinski definition) is 10. The molecule has 0 aromatic heterocycles. The molecule has 0 radical (unpaired) electrons. The van der Waals surface area contributed by atoms with Gasteiger partial charge in [0.1, 0.15) is 23.2 Å². The van der Waals surface area contributed by atoms with E-state index in [1.807, 2.05) is 0 Å². The minimum atomic E-state index is -2.14. The molecule has 11 heteroatoms. The molecule has 7 atom stereocenters. The van der Waals surface area contributed by atoms with Gasteiger partial charge in [0.15, 0.2) is 11.6 Å². The molecular weight excluding hydrogens is 440 g/mol. The van der Waals surface area contributed by atoms with Crippen molar-refractivity contribution in [3.05, 3.63) is 33.4 Å². The van der Waals surface area contributed by atoms with Crippen molar-refractivity contribution in [3.8, 4) is 11.5 Å². The summed E-state index contributed by atoms with van der Waals surface area (Å²) in [6.45, 7) is 2.87. The molecule has 1 aromatic carbocycles. The van der Waals surface area contributed by atoms with Gasteiger partial charge in [0.25, 0.3) is 0 Å². The maximum absolute atomic E-state index is 13.5. The summed E-state index contributed by atoms with van der Waals surface area (Å²) >= 11 is 0. The lowest BCUT2D eigenvalue weighted by molar-refractivity contribution is -0.246. The van der Waals surface area contributed by atoms with E-state index in [0.717, 1.165) is 0 Å². The van der Waals surface area contributed by atoms with Gasteiger partial charge < -0.3 is 40.1 Å². The minimum Gasteiger partial charge on any atom is -0.507 e. The van der Waals surface area contributed by atoms with E-state index in [9.17, 15) is 39.9 Å². The van der Waals surface area contributed by atoms with Crippen LogP contribution in [0.4, 0.5) is 0 Å². The quantitative estimate of drug-likeness (QED) is 0.319. The number of carboxylic acid groups (broad SMARTS) is 1. The van der Waals surface area contributed by atoms with Gasteiger partial charge >= 0.3 is 5.97 Å². The molecule has 1 saturated heterocycles. The average Bonchev–Trinajstić information content (AvgIpc) is 2.72. The number of ether oxygens (including phenoxy) is 2. The molecule has 1 aromatic rings. The molecule has 0 unspecified atom stereocenters. The number of fused-ring (bicyclic) bond motifs is 3. The summed E-state index contributed by atoms with van der Waals surface area (Å²) < 4.78 is 11.1. The Labute approximate surface area is 186 Å². The topological polar surface area (TPSA) is 191 Å². The van der Waals surface area contributed by atoms with Crippen molar-refractivity contribution < 1.29 is 54.5 Å². The van der Waals surface area contributed by atoms with Crippen LogP contribution >= 0.6 is 0 Å². The first-order valence-corrected chi connectivity index (χ1v) is 10.5. The van der Waals surface area contributed by atoms with E-state index in [0.29, 0.717) is 0 Å². The number of aliphatic hydroxyl groups is 3. The zero-order valence-electron chi connectivity index (χ0n) is 17.6. The van der Waals surface area contributed by atoms with Gasteiger partial charge in [-0.3, -0.25) is 14.4 Å². The van der Waals surface area contributed by atoms with Gasteiger partial charge in [-0.05, 0) is 13.8 Å². The van der Waals surface area contributed by atoms with Crippen molar-refractivity contribution in [2.45, 2.75) is 68.9 Å². The van der Waals surface area contributed by atoms with Gasteiger partial charge in [0.05, 0.1) is 48.1 Å². The number of carboxylic acids is 1. The van der Waals surface area contributed by atoms with Crippen molar-refractivity contribution in [2.24, 2.45) is 0 Å². The van der Waals surface area contributed by atoms with Gasteiger partial charge in [0.2, 0.25) is 0 Å². The summed E-state index contributed by atoms with van der Waals surface area (Å²) in [7, 11) is 0. The summed E-state index contributed by atoms with van der Waals surface area (Å²) in [5.41, 5.74) is -4.34. The maximum Gasteiger partial charge on any atom is 0.306 e. The van der Waals surface area contributed by atoms with Crippen LogP contribution in [0.5, 0.6) is 11.5 Å². The van der Waals surface area contributed by atoms with Gasteiger partial charge in [-0.15, -0.1) is 0 Å². The number of hydrogen-bond donors (Lipinski definition) is 6. The van der Waals surface area contributed by atoms with Gasteiger partial charge in [0, 0.05) is 28.7 Å². The van der Waals surface area contributed by atoms with Crippen LogP contribution in [-0.2, 0) is 19.9 Å². The van der Waals surface area contributed by atoms with E-state index in [1.54, 1.807) is 0 Å². The van der Waals surface area contributed by atoms with Crippen LogP contribution in [0.1, 0.15) is 64.6 Å². The van der Waals surface area contributed by atoms with E-state index in [1.165, 1.54) is 13.8 Å². The third-order valence-corrected chi connectivity index (χ3v) is 7.18. The fourth-order valence-corrected chi connectivity index (χ4v) is 5.65. The van der Waals surface area contributed by atoms with Crippen LogP contribution in [-0.4, -0.2) is 78.7 Å². The molecule has 5 aliphatic rings. The Morgan fingerprint density at radius 1 is 1.03 bits per heavy atom. The normalized spacial score (nSPS) is 37.0. The second-order valence-electron chi connectivity index (χ2n) is 8.92. The largest absolute Gasteiger partial charge is 0.507 e. The van der Waals surface area contributed by atoms with Crippen molar-refractivity contribution >= 4 is 17.5 Å². The number of benzene rings is 1. The highest BCUT2D eigenvalue weighted by molar-refractivity contribution is 6.30. The van der Waals surface area contributed by atoms with Gasteiger partial charge in [-0.1, -0.05) is 0 Å². The average molecular weight is 462 g/mol. The summed E-state index contributed by atoms with van der Waals surface area (Å²) in [6.07, 6.45) is -8.22. The van der Waals surface area contributed by atoms with Crippen LogP contribution < -0.4 is 0 Å². The number of ketones is 2. The SMILES string of the molecule is C[C@@H]1O[C@@H](CC(=O)O)[C@@H](O)C2=C1C(=O)c1c(O)c3c(c(O)c1C2=O)[C@@H]1C[C@@H](O)[C@]3(O)[C@@H](C)O1. The minimum absolute atomic E-state index is 0.112. The summed E-state index contributed by atoms with van der Waals surface area (Å²) in [6, 6.07) is 0. The Hall–Kier alpha value is -2.83. The molecule has 1 fully saturated rings. The van der Waals surface area contributed by atoms with Crippen molar-refractivity contribution in [3.63, 3.8) is 0 Å². The smallest absolute Gasteiger partial charge is 0.306 e. The number of rotatable bonds is 2. The fraction of sp³-hybridized carbons (Fsp3) is 0.500. The molecule has 3 aliphatic heterocycles. The number of aromatic hydroxyl groups is 2. The monoisotopic (exact) mass is 462 g/mol. The zero-order valence-corrected chi connectivity index (χ0v) is 17.6. The van der Waals surface area contributed by atoms with Crippen LogP contribution in [0, 0.1) is 0 Å². The number of carbonyl (C=O) groups is 3. The molecule has 33 heavy (non-hydrogen) atoms. The lowest BCUT2D eigenvalue weighted by Gasteiger charge is -2.52. The second-order valence-corrected chi connectivity index (χ2v) is 8.92. The van der Waals surface area contributed by atoms with E-state index >= 15 is 0 Å². The Bertz CT molecular complexity index is 1150. The predicted molar refractivity (Wildman–Crippen MR) is 106 cm³/mol.